The topological polar surface area (TPSA) is 74.6 Å². The molecule has 0 saturated heterocycles. The molecule has 2 N–H and O–H groups in total. The first kappa shape index (κ1) is 17.2. The van der Waals surface area contributed by atoms with Gasteiger partial charge in [0, 0.05) is 28.7 Å². The van der Waals surface area contributed by atoms with E-state index in [1.165, 1.54) is 0 Å². The molecule has 3 rings (SSSR count). The number of carbonyl (C=O) groups is 2. The van der Waals surface area contributed by atoms with Crippen LogP contribution in [-0.2, 0) is 10.2 Å². The van der Waals surface area contributed by atoms with E-state index in [0.717, 1.165) is 5.56 Å². The normalized spacial score (nSPS) is 31.8. The van der Waals surface area contributed by atoms with E-state index in [4.69, 9.17) is 0 Å². The molecule has 4 heteroatoms. The molecular formula is C20H26O4. The van der Waals surface area contributed by atoms with Gasteiger partial charge >= 0.3 is 0 Å². The molecule has 130 valence electrons. The Balaban J connectivity index is 2.28. The third-order valence-electron chi connectivity index (χ3n) is 6.31. The molecule has 2 aliphatic carbocycles. The number of aliphatic hydroxyl groups excluding tert-OH is 1. The van der Waals surface area contributed by atoms with E-state index in [0.29, 0.717) is 24.0 Å². The molecule has 1 saturated carbocycles. The van der Waals surface area contributed by atoms with Gasteiger partial charge in [-0.15, -0.1) is 0 Å². The van der Waals surface area contributed by atoms with Crippen molar-refractivity contribution >= 4 is 11.6 Å². The number of benzene rings is 1. The number of carbonyl (C=O) groups excluding carboxylic acids is 2. The Kier molecular flexibility index (Phi) is 3.69. The van der Waals surface area contributed by atoms with Crippen LogP contribution in [0.4, 0.5) is 0 Å². The Hall–Kier alpha value is -1.68. The molecule has 1 fully saturated rings. The first-order valence-electron chi connectivity index (χ1n) is 8.64. The van der Waals surface area contributed by atoms with Gasteiger partial charge in [0.2, 0.25) is 0 Å². The Morgan fingerprint density at radius 3 is 2.38 bits per heavy atom. The molecule has 2 aliphatic rings. The Morgan fingerprint density at radius 2 is 1.79 bits per heavy atom. The van der Waals surface area contributed by atoms with E-state index in [1.807, 2.05) is 34.6 Å². The molecule has 3 atom stereocenters. The fourth-order valence-electron chi connectivity index (χ4n) is 4.92. The highest BCUT2D eigenvalue weighted by molar-refractivity contribution is 6.04. The quantitative estimate of drug-likeness (QED) is 0.828. The van der Waals surface area contributed by atoms with Gasteiger partial charge in [0.15, 0.2) is 5.78 Å². The number of hydrogen-bond acceptors (Lipinski definition) is 4. The second-order valence-corrected chi connectivity index (χ2v) is 8.46. The molecule has 0 heterocycles. The fourth-order valence-corrected chi connectivity index (χ4v) is 4.92. The Bertz CT molecular complexity index is 731. The molecule has 0 aliphatic heterocycles. The Labute approximate surface area is 142 Å². The van der Waals surface area contributed by atoms with Crippen molar-refractivity contribution in [2.45, 2.75) is 64.9 Å². The number of aromatic hydroxyl groups is 1. The highest BCUT2D eigenvalue weighted by Crippen LogP contribution is 2.56. The zero-order valence-electron chi connectivity index (χ0n) is 15.0. The average molecular weight is 330 g/mol. The number of hydrogen-bond donors (Lipinski definition) is 2. The van der Waals surface area contributed by atoms with Gasteiger partial charge in [-0.05, 0) is 35.6 Å². The van der Waals surface area contributed by atoms with Gasteiger partial charge < -0.3 is 10.2 Å². The molecular weight excluding hydrogens is 304 g/mol. The SMILES string of the molecule is CC(C)c1cc2c(cc1O)[C@@]1(C)CCC(=O)C(C)(C)C1[C@@H](O)C2=O. The first-order chi connectivity index (χ1) is 11.0. The molecule has 1 aromatic carbocycles. The van der Waals surface area contributed by atoms with Gasteiger partial charge in [0.1, 0.15) is 17.6 Å². The highest BCUT2D eigenvalue weighted by atomic mass is 16.3. The van der Waals surface area contributed by atoms with E-state index in [9.17, 15) is 19.8 Å². The summed E-state index contributed by atoms with van der Waals surface area (Å²) in [5, 5.41) is 21.2. The maximum atomic E-state index is 12.9. The lowest BCUT2D eigenvalue weighted by Gasteiger charge is -2.54. The van der Waals surface area contributed by atoms with Crippen LogP contribution in [0.3, 0.4) is 0 Å². The van der Waals surface area contributed by atoms with E-state index in [2.05, 4.69) is 0 Å². The van der Waals surface area contributed by atoms with Crippen LogP contribution in [0.2, 0.25) is 0 Å². The van der Waals surface area contributed by atoms with Gasteiger partial charge in [0.25, 0.3) is 0 Å². The summed E-state index contributed by atoms with van der Waals surface area (Å²) in [7, 11) is 0. The van der Waals surface area contributed by atoms with Crippen LogP contribution in [-0.4, -0.2) is 27.9 Å². The fraction of sp³-hybridized carbons (Fsp3) is 0.600. The van der Waals surface area contributed by atoms with E-state index < -0.39 is 22.9 Å². The highest BCUT2D eigenvalue weighted by Gasteiger charge is 2.59. The molecule has 0 amide bonds. The average Bonchev–Trinajstić information content (AvgIpc) is 2.48. The van der Waals surface area contributed by atoms with Gasteiger partial charge in [0.05, 0.1) is 0 Å². The summed E-state index contributed by atoms with van der Waals surface area (Å²) in [5.41, 5.74) is 0.694. The zero-order valence-corrected chi connectivity index (χ0v) is 15.0. The van der Waals surface area contributed by atoms with Crippen molar-refractivity contribution < 1.29 is 19.8 Å². The summed E-state index contributed by atoms with van der Waals surface area (Å²) in [5.74, 6) is -0.464. The molecule has 0 aromatic heterocycles. The lowest BCUT2D eigenvalue weighted by atomic mass is 9.49. The van der Waals surface area contributed by atoms with Crippen LogP contribution < -0.4 is 0 Å². The summed E-state index contributed by atoms with van der Waals surface area (Å²) in [6.45, 7) is 9.56. The third-order valence-corrected chi connectivity index (χ3v) is 6.31. The molecule has 0 bridgehead atoms. The van der Waals surface area contributed by atoms with Crippen LogP contribution >= 0.6 is 0 Å². The molecule has 1 aromatic rings. The molecule has 0 spiro atoms. The Morgan fingerprint density at radius 1 is 1.17 bits per heavy atom. The van der Waals surface area contributed by atoms with Crippen molar-refractivity contribution in [2.24, 2.45) is 11.3 Å². The largest absolute Gasteiger partial charge is 0.508 e. The standard InChI is InChI=1S/C20H26O4/c1-10(2)11-8-12-13(9-14(11)21)20(5)7-6-15(22)19(3,4)18(20)17(24)16(12)23/h8-10,17-18,21,24H,6-7H2,1-5H3/t17-,18?,20+/m0/s1. The van der Waals surface area contributed by atoms with Crippen LogP contribution in [0.1, 0.15) is 74.9 Å². The van der Waals surface area contributed by atoms with Crippen LogP contribution in [0.25, 0.3) is 0 Å². The van der Waals surface area contributed by atoms with Gasteiger partial charge in [-0.1, -0.05) is 34.6 Å². The van der Waals surface area contributed by atoms with Crippen molar-refractivity contribution in [1.29, 1.82) is 0 Å². The van der Waals surface area contributed by atoms with Crippen molar-refractivity contribution in [3.8, 4) is 5.75 Å². The number of ketones is 2. The van der Waals surface area contributed by atoms with Crippen LogP contribution in [0.5, 0.6) is 5.75 Å². The van der Waals surface area contributed by atoms with Gasteiger partial charge in [-0.2, -0.15) is 0 Å². The predicted octanol–water partition coefficient (Wildman–Crippen LogP) is 3.34. The molecule has 4 nitrogen and oxygen atoms in total. The minimum atomic E-state index is -1.19. The van der Waals surface area contributed by atoms with Gasteiger partial charge in [-0.3, -0.25) is 9.59 Å². The lowest BCUT2D eigenvalue weighted by molar-refractivity contribution is -0.141. The molecule has 24 heavy (non-hydrogen) atoms. The number of phenols is 1. The van der Waals surface area contributed by atoms with Crippen molar-refractivity contribution in [1.82, 2.24) is 0 Å². The maximum absolute atomic E-state index is 12.9. The molecule has 0 radical (unpaired) electrons. The third kappa shape index (κ3) is 2.08. The second-order valence-electron chi connectivity index (χ2n) is 8.46. The number of phenolic OH excluding ortho intramolecular Hbond substituents is 1. The minimum Gasteiger partial charge on any atom is -0.508 e. The maximum Gasteiger partial charge on any atom is 0.191 e. The number of fused-ring (bicyclic) bond motifs is 3. The second kappa shape index (κ2) is 5.16. The monoisotopic (exact) mass is 330 g/mol. The summed E-state index contributed by atoms with van der Waals surface area (Å²) >= 11 is 0. The zero-order chi connectivity index (χ0) is 18.0. The number of Topliss-reactive ketones (excluding diaryl/α,β-unsaturated/α-hetero) is 2. The smallest absolute Gasteiger partial charge is 0.191 e. The van der Waals surface area contributed by atoms with E-state index >= 15 is 0 Å². The van der Waals surface area contributed by atoms with E-state index in [-0.39, 0.29) is 23.2 Å². The van der Waals surface area contributed by atoms with Crippen molar-refractivity contribution in [3.63, 3.8) is 0 Å². The number of aliphatic hydroxyl groups is 1. The van der Waals surface area contributed by atoms with Crippen molar-refractivity contribution in [2.75, 3.05) is 0 Å². The lowest BCUT2D eigenvalue weighted by Crippen LogP contribution is -2.59. The van der Waals surface area contributed by atoms with Crippen LogP contribution in [0.15, 0.2) is 12.1 Å². The minimum absolute atomic E-state index is 0.0788. The summed E-state index contributed by atoms with van der Waals surface area (Å²) in [6, 6.07) is 3.42. The van der Waals surface area contributed by atoms with Crippen LogP contribution in [0, 0.1) is 11.3 Å². The predicted molar refractivity (Wildman–Crippen MR) is 91.4 cm³/mol. The van der Waals surface area contributed by atoms with Crippen molar-refractivity contribution in [3.05, 3.63) is 28.8 Å². The first-order valence-corrected chi connectivity index (χ1v) is 8.64. The molecule has 1 unspecified atom stereocenters. The number of rotatable bonds is 1. The summed E-state index contributed by atoms with van der Waals surface area (Å²) < 4.78 is 0. The summed E-state index contributed by atoms with van der Waals surface area (Å²) in [6.07, 6.45) is -0.184. The van der Waals surface area contributed by atoms with E-state index in [1.54, 1.807) is 12.1 Å². The van der Waals surface area contributed by atoms with Gasteiger partial charge in [-0.25, -0.2) is 0 Å². The summed E-state index contributed by atoms with van der Waals surface area (Å²) in [4.78, 5) is 25.3.